The quantitative estimate of drug-likeness (QED) is 0.206. The summed E-state index contributed by atoms with van der Waals surface area (Å²) in [4.78, 5) is 29.0. The molecule has 0 atom stereocenters. The van der Waals surface area contributed by atoms with Gasteiger partial charge < -0.3 is 9.47 Å². The van der Waals surface area contributed by atoms with Crippen molar-refractivity contribution in [1.82, 2.24) is 14.3 Å². The fourth-order valence-corrected chi connectivity index (χ4v) is 5.68. The molecule has 0 fully saturated rings. The van der Waals surface area contributed by atoms with Crippen LogP contribution < -0.4 is 4.90 Å². The molecule has 0 bridgehead atoms. The Balaban J connectivity index is 1.12. The molecular formula is C36H25F3N4O2. The van der Waals surface area contributed by atoms with Crippen LogP contribution in [0.2, 0.25) is 0 Å². The highest BCUT2D eigenvalue weighted by Gasteiger charge is 2.30. The van der Waals surface area contributed by atoms with Crippen LogP contribution in [0.15, 0.2) is 128 Å². The van der Waals surface area contributed by atoms with Gasteiger partial charge in [-0.2, -0.15) is 18.3 Å². The molecule has 6 nitrogen and oxygen atoms in total. The molecule has 1 amide bonds. The van der Waals surface area contributed by atoms with Gasteiger partial charge in [0.25, 0.3) is 11.8 Å². The molecule has 0 unspecified atom stereocenters. The molecule has 0 N–H and O–H groups in total. The van der Waals surface area contributed by atoms with Gasteiger partial charge in [0.05, 0.1) is 17.8 Å². The normalized spacial score (nSPS) is 12.7. The SMILES string of the molecule is O=C(c1ccc(-c2ccn(C(=O)c3ccccc3-c3ccc(C(F)(F)F)cc3)n2)cc1)N1Cc2cccn2Cc2ccccc21. The van der Waals surface area contributed by atoms with Gasteiger partial charge in [0.2, 0.25) is 0 Å². The van der Waals surface area contributed by atoms with E-state index in [1.54, 1.807) is 65.7 Å². The summed E-state index contributed by atoms with van der Waals surface area (Å²) in [6.07, 6.45) is -0.883. The highest BCUT2D eigenvalue weighted by Crippen LogP contribution is 2.33. The Bertz CT molecular complexity index is 2040. The Hall–Kier alpha value is -5.70. The van der Waals surface area contributed by atoms with Gasteiger partial charge in [-0.05, 0) is 71.3 Å². The number of halogens is 3. The first-order valence-electron chi connectivity index (χ1n) is 14.3. The molecule has 0 aliphatic carbocycles. The molecule has 2 aromatic heterocycles. The van der Waals surface area contributed by atoms with E-state index in [4.69, 9.17) is 0 Å². The molecule has 0 saturated heterocycles. The molecule has 1 aliphatic heterocycles. The molecule has 9 heteroatoms. The second-order valence-electron chi connectivity index (χ2n) is 10.8. The van der Waals surface area contributed by atoms with Crippen molar-refractivity contribution in [2.75, 3.05) is 4.90 Å². The van der Waals surface area contributed by atoms with Crippen molar-refractivity contribution < 1.29 is 22.8 Å². The number of rotatable bonds is 4. The van der Waals surface area contributed by atoms with Crippen LogP contribution in [0.3, 0.4) is 0 Å². The summed E-state index contributed by atoms with van der Waals surface area (Å²) in [5.41, 5.74) is 5.30. The standard InChI is InChI=1S/C36H25F3N4O2/c37-36(38,39)28-17-15-24(16-18-28)30-8-2-3-9-31(30)35(45)43-21-19-32(40-43)25-11-13-26(14-12-25)34(44)42-23-29-7-5-20-41(29)22-27-6-1-4-10-33(27)42/h1-21H,22-23H2. The minimum absolute atomic E-state index is 0.121. The van der Waals surface area contributed by atoms with E-state index in [1.165, 1.54) is 16.8 Å². The summed E-state index contributed by atoms with van der Waals surface area (Å²) in [6.45, 7) is 1.14. The Kier molecular flexibility index (Phi) is 6.93. The summed E-state index contributed by atoms with van der Waals surface area (Å²) >= 11 is 0. The van der Waals surface area contributed by atoms with Crippen molar-refractivity contribution in [2.24, 2.45) is 0 Å². The largest absolute Gasteiger partial charge is 0.416 e. The van der Waals surface area contributed by atoms with Crippen molar-refractivity contribution >= 4 is 17.5 Å². The maximum atomic E-state index is 13.8. The van der Waals surface area contributed by atoms with Crippen LogP contribution in [0, 0.1) is 0 Å². The highest BCUT2D eigenvalue weighted by atomic mass is 19.4. The lowest BCUT2D eigenvalue weighted by atomic mass is 9.98. The summed E-state index contributed by atoms with van der Waals surface area (Å²) in [5.74, 6) is -0.544. The lowest BCUT2D eigenvalue weighted by Crippen LogP contribution is -2.30. The number of benzene rings is 4. The van der Waals surface area contributed by atoms with Crippen molar-refractivity contribution in [2.45, 2.75) is 19.3 Å². The number of nitrogens with zero attached hydrogens (tertiary/aromatic N) is 4. The first-order chi connectivity index (χ1) is 21.8. The molecule has 0 saturated carbocycles. The van der Waals surface area contributed by atoms with E-state index in [1.807, 2.05) is 42.6 Å². The number of para-hydroxylation sites is 1. The smallest absolute Gasteiger partial charge is 0.345 e. The third kappa shape index (κ3) is 5.33. The summed E-state index contributed by atoms with van der Waals surface area (Å²) in [6, 6.07) is 32.2. The highest BCUT2D eigenvalue weighted by molar-refractivity contribution is 6.07. The zero-order chi connectivity index (χ0) is 31.1. The average molecular weight is 603 g/mol. The second-order valence-corrected chi connectivity index (χ2v) is 10.8. The molecular weight excluding hydrogens is 577 g/mol. The van der Waals surface area contributed by atoms with Gasteiger partial charge in [-0.3, -0.25) is 9.59 Å². The van der Waals surface area contributed by atoms with Crippen LogP contribution in [-0.4, -0.2) is 26.2 Å². The molecule has 7 rings (SSSR count). The van der Waals surface area contributed by atoms with E-state index < -0.39 is 17.6 Å². The van der Waals surface area contributed by atoms with Crippen molar-refractivity contribution in [3.63, 3.8) is 0 Å². The van der Waals surface area contributed by atoms with Crippen LogP contribution in [0.4, 0.5) is 18.9 Å². The zero-order valence-corrected chi connectivity index (χ0v) is 23.8. The predicted octanol–water partition coefficient (Wildman–Crippen LogP) is 7.93. The van der Waals surface area contributed by atoms with Gasteiger partial charge in [-0.25, -0.2) is 4.68 Å². The van der Waals surface area contributed by atoms with E-state index >= 15 is 0 Å². The fraction of sp³-hybridized carbons (Fsp3) is 0.0833. The van der Waals surface area contributed by atoms with Gasteiger partial charge in [0.1, 0.15) is 0 Å². The minimum Gasteiger partial charge on any atom is -0.345 e. The van der Waals surface area contributed by atoms with Crippen molar-refractivity contribution in [3.8, 4) is 22.4 Å². The number of hydrogen-bond donors (Lipinski definition) is 0. The topological polar surface area (TPSA) is 60.1 Å². The van der Waals surface area contributed by atoms with Crippen LogP contribution >= 0.6 is 0 Å². The second kappa shape index (κ2) is 11.1. The molecule has 222 valence electrons. The van der Waals surface area contributed by atoms with Gasteiger partial charge in [-0.1, -0.05) is 60.7 Å². The molecule has 3 heterocycles. The van der Waals surface area contributed by atoms with Gasteiger partial charge in [0, 0.05) is 47.0 Å². The Morgan fingerprint density at radius 2 is 1.38 bits per heavy atom. The van der Waals surface area contributed by atoms with E-state index in [0.717, 1.165) is 34.6 Å². The van der Waals surface area contributed by atoms with E-state index in [2.05, 4.69) is 9.67 Å². The van der Waals surface area contributed by atoms with Crippen LogP contribution in [0.25, 0.3) is 22.4 Å². The molecule has 6 aromatic rings. The van der Waals surface area contributed by atoms with Gasteiger partial charge >= 0.3 is 6.18 Å². The monoisotopic (exact) mass is 602 g/mol. The van der Waals surface area contributed by atoms with Gasteiger partial charge in [-0.15, -0.1) is 0 Å². The Labute approximate surface area is 256 Å². The maximum Gasteiger partial charge on any atom is 0.416 e. The van der Waals surface area contributed by atoms with Gasteiger partial charge in [0.15, 0.2) is 0 Å². The fourth-order valence-electron chi connectivity index (χ4n) is 5.68. The lowest BCUT2D eigenvalue weighted by molar-refractivity contribution is -0.137. The van der Waals surface area contributed by atoms with Crippen LogP contribution in [-0.2, 0) is 19.3 Å². The molecule has 1 aliphatic rings. The lowest BCUT2D eigenvalue weighted by Gasteiger charge is -2.23. The van der Waals surface area contributed by atoms with Crippen LogP contribution in [0.5, 0.6) is 0 Å². The average Bonchev–Trinajstić information content (AvgIpc) is 3.70. The zero-order valence-electron chi connectivity index (χ0n) is 23.8. The molecule has 4 aromatic carbocycles. The number of hydrogen-bond acceptors (Lipinski definition) is 3. The van der Waals surface area contributed by atoms with Crippen molar-refractivity contribution in [1.29, 1.82) is 0 Å². The summed E-state index contributed by atoms with van der Waals surface area (Å²) in [5, 5.41) is 4.48. The number of fused-ring (bicyclic) bond motifs is 2. The van der Waals surface area contributed by atoms with E-state index in [0.29, 0.717) is 41.0 Å². The third-order valence-electron chi connectivity index (χ3n) is 8.02. The number of carbonyl (C=O) groups excluding carboxylic acids is 2. The number of aromatic nitrogens is 3. The third-order valence-corrected chi connectivity index (χ3v) is 8.02. The Morgan fingerprint density at radius 1 is 0.667 bits per heavy atom. The van der Waals surface area contributed by atoms with Crippen LogP contribution in [0.1, 0.15) is 37.5 Å². The molecule has 0 radical (unpaired) electrons. The summed E-state index contributed by atoms with van der Waals surface area (Å²) in [7, 11) is 0. The number of anilines is 1. The van der Waals surface area contributed by atoms with E-state index in [-0.39, 0.29) is 5.91 Å². The summed E-state index contributed by atoms with van der Waals surface area (Å²) < 4.78 is 42.5. The maximum absolute atomic E-state index is 13.8. The molecule has 45 heavy (non-hydrogen) atoms. The van der Waals surface area contributed by atoms with Crippen molar-refractivity contribution in [3.05, 3.63) is 156 Å². The number of amides is 1. The first-order valence-corrected chi connectivity index (χ1v) is 14.3. The first kappa shape index (κ1) is 28.1. The number of alkyl halides is 3. The molecule has 0 spiro atoms. The predicted molar refractivity (Wildman–Crippen MR) is 165 cm³/mol. The minimum atomic E-state index is -4.45. The Morgan fingerprint density at radius 3 is 2.16 bits per heavy atom. The number of carbonyl (C=O) groups is 2. The van der Waals surface area contributed by atoms with E-state index in [9.17, 15) is 22.8 Å².